The molecule has 0 radical (unpaired) electrons. The second kappa shape index (κ2) is 6.70. The molecule has 2 rings (SSSR count). The third kappa shape index (κ3) is 4.04. The topological polar surface area (TPSA) is 38.0 Å². The summed E-state index contributed by atoms with van der Waals surface area (Å²) in [5, 5.41) is 3.50. The molecule has 0 aliphatic heterocycles. The lowest BCUT2D eigenvalue weighted by atomic mass is 10.1. The predicted octanol–water partition coefficient (Wildman–Crippen LogP) is 4.50. The molecule has 3 N–H and O–H groups in total. The smallest absolute Gasteiger partial charge is 0.105 e. The van der Waals surface area contributed by atoms with E-state index in [1.54, 1.807) is 0 Å². The van der Waals surface area contributed by atoms with Gasteiger partial charge in [0.25, 0.3) is 0 Å². The molecule has 0 bridgehead atoms. The highest BCUT2D eigenvalue weighted by Gasteiger charge is 2.08. The van der Waals surface area contributed by atoms with Crippen molar-refractivity contribution in [2.24, 2.45) is 5.73 Å². The largest absolute Gasteiger partial charge is 0.389 e. The zero-order valence-electron chi connectivity index (χ0n) is 11.4. The summed E-state index contributed by atoms with van der Waals surface area (Å²) in [6, 6.07) is 10.7. The zero-order chi connectivity index (χ0) is 14.7. The van der Waals surface area contributed by atoms with Gasteiger partial charge in [0.2, 0.25) is 0 Å². The van der Waals surface area contributed by atoms with Crippen LogP contribution in [0.1, 0.15) is 22.2 Å². The maximum absolute atomic E-state index is 5.65. The normalized spacial score (nSPS) is 12.2. The molecule has 106 valence electrons. The molecule has 5 heteroatoms. The van der Waals surface area contributed by atoms with Crippen molar-refractivity contribution in [3.8, 4) is 0 Å². The van der Waals surface area contributed by atoms with Crippen molar-refractivity contribution >= 4 is 50.2 Å². The number of anilines is 1. The number of aryl methyl sites for hydroxylation is 1. The van der Waals surface area contributed by atoms with Gasteiger partial charge in [-0.15, -0.1) is 11.3 Å². The Morgan fingerprint density at radius 3 is 2.70 bits per heavy atom. The summed E-state index contributed by atoms with van der Waals surface area (Å²) in [7, 11) is 0. The van der Waals surface area contributed by atoms with Crippen LogP contribution in [0.5, 0.6) is 0 Å². The fourth-order valence-electron chi connectivity index (χ4n) is 2.04. The SMILES string of the molecule is Cc1ccc(CC(C)Nc2ccc(C(N)=S)c(Br)c2)s1. The quantitative estimate of drug-likeness (QED) is 0.763. The molecule has 1 heterocycles. The van der Waals surface area contributed by atoms with E-state index in [4.69, 9.17) is 18.0 Å². The third-order valence-electron chi connectivity index (χ3n) is 2.95. The van der Waals surface area contributed by atoms with E-state index in [2.05, 4.69) is 47.2 Å². The number of nitrogens with two attached hydrogens (primary N) is 1. The van der Waals surface area contributed by atoms with Gasteiger partial charge in [0, 0.05) is 37.9 Å². The summed E-state index contributed by atoms with van der Waals surface area (Å²) in [5.74, 6) is 0. The van der Waals surface area contributed by atoms with Gasteiger partial charge in [0.15, 0.2) is 0 Å². The van der Waals surface area contributed by atoms with Gasteiger partial charge in [0.1, 0.15) is 4.99 Å². The summed E-state index contributed by atoms with van der Waals surface area (Å²) in [5.41, 5.74) is 7.59. The van der Waals surface area contributed by atoms with Crippen molar-refractivity contribution in [1.82, 2.24) is 0 Å². The summed E-state index contributed by atoms with van der Waals surface area (Å²) in [4.78, 5) is 3.17. The van der Waals surface area contributed by atoms with Gasteiger partial charge in [-0.1, -0.05) is 12.2 Å². The lowest BCUT2D eigenvalue weighted by Crippen LogP contribution is -2.18. The molecule has 0 amide bonds. The molecule has 1 aromatic carbocycles. The first-order valence-corrected chi connectivity index (χ1v) is 8.38. The second-order valence-electron chi connectivity index (χ2n) is 4.82. The standard InChI is InChI=1S/C15H17BrN2S2/c1-9(7-12-5-3-10(2)20-12)18-11-4-6-13(15(17)19)14(16)8-11/h3-6,8-9,18H,7H2,1-2H3,(H2,17,19). The Morgan fingerprint density at radius 1 is 1.40 bits per heavy atom. The van der Waals surface area contributed by atoms with Gasteiger partial charge in [-0.25, -0.2) is 0 Å². The minimum atomic E-state index is 0.371. The number of nitrogens with one attached hydrogen (secondary N) is 1. The van der Waals surface area contributed by atoms with Crippen LogP contribution in [0.4, 0.5) is 5.69 Å². The van der Waals surface area contributed by atoms with Gasteiger partial charge in [0.05, 0.1) is 0 Å². The van der Waals surface area contributed by atoms with Gasteiger partial charge in [-0.2, -0.15) is 0 Å². The fourth-order valence-corrected chi connectivity index (χ4v) is 3.96. The molecular weight excluding hydrogens is 352 g/mol. The average molecular weight is 369 g/mol. The maximum atomic E-state index is 5.65. The Bertz CT molecular complexity index is 622. The molecular formula is C15H17BrN2S2. The molecule has 0 aliphatic rings. The second-order valence-corrected chi connectivity index (χ2v) is 7.49. The highest BCUT2D eigenvalue weighted by molar-refractivity contribution is 9.10. The van der Waals surface area contributed by atoms with Gasteiger partial charge in [-0.3, -0.25) is 0 Å². The van der Waals surface area contributed by atoms with E-state index in [1.165, 1.54) is 9.75 Å². The van der Waals surface area contributed by atoms with Crippen LogP contribution in [0.15, 0.2) is 34.8 Å². The third-order valence-corrected chi connectivity index (χ3v) is 4.85. The fraction of sp³-hybridized carbons (Fsp3) is 0.267. The maximum Gasteiger partial charge on any atom is 0.105 e. The minimum Gasteiger partial charge on any atom is -0.389 e. The Kier molecular flexibility index (Phi) is 5.18. The number of benzene rings is 1. The van der Waals surface area contributed by atoms with Crippen molar-refractivity contribution < 1.29 is 0 Å². The van der Waals surface area contributed by atoms with Crippen LogP contribution in [0.3, 0.4) is 0 Å². The van der Waals surface area contributed by atoms with Gasteiger partial charge >= 0.3 is 0 Å². The van der Waals surface area contributed by atoms with Crippen LogP contribution in [0.25, 0.3) is 0 Å². The average Bonchev–Trinajstić information content (AvgIpc) is 2.74. The Balaban J connectivity index is 2.02. The van der Waals surface area contributed by atoms with E-state index in [0.29, 0.717) is 11.0 Å². The molecule has 1 atom stereocenters. The molecule has 1 aromatic heterocycles. The Hall–Kier alpha value is -0.910. The molecule has 0 aliphatic carbocycles. The molecule has 2 aromatic rings. The summed E-state index contributed by atoms with van der Waals surface area (Å²) in [6.07, 6.45) is 1.02. The number of hydrogen-bond donors (Lipinski definition) is 2. The van der Waals surface area contributed by atoms with Gasteiger partial charge in [-0.05, 0) is 60.1 Å². The number of hydrogen-bond acceptors (Lipinski definition) is 3. The van der Waals surface area contributed by atoms with E-state index in [0.717, 1.165) is 22.1 Å². The van der Waals surface area contributed by atoms with Crippen LogP contribution in [-0.2, 0) is 6.42 Å². The molecule has 0 saturated carbocycles. The molecule has 0 saturated heterocycles. The van der Waals surface area contributed by atoms with E-state index in [1.807, 2.05) is 29.5 Å². The first-order chi connectivity index (χ1) is 9.45. The predicted molar refractivity (Wildman–Crippen MR) is 95.9 cm³/mol. The van der Waals surface area contributed by atoms with Crippen molar-refractivity contribution in [2.45, 2.75) is 26.3 Å². The first kappa shape index (κ1) is 15.5. The van der Waals surface area contributed by atoms with E-state index in [-0.39, 0.29) is 0 Å². The Morgan fingerprint density at radius 2 is 2.15 bits per heavy atom. The van der Waals surface area contributed by atoms with Crippen LogP contribution in [0.2, 0.25) is 0 Å². The van der Waals surface area contributed by atoms with E-state index < -0.39 is 0 Å². The van der Waals surface area contributed by atoms with Crippen LogP contribution in [0, 0.1) is 6.92 Å². The number of rotatable bonds is 5. The van der Waals surface area contributed by atoms with Crippen molar-refractivity contribution in [3.05, 3.63) is 50.1 Å². The van der Waals surface area contributed by atoms with Crippen LogP contribution >= 0.6 is 39.5 Å². The number of thiophene rings is 1. The first-order valence-electron chi connectivity index (χ1n) is 6.37. The van der Waals surface area contributed by atoms with Crippen molar-refractivity contribution in [2.75, 3.05) is 5.32 Å². The van der Waals surface area contributed by atoms with Crippen LogP contribution < -0.4 is 11.1 Å². The van der Waals surface area contributed by atoms with E-state index >= 15 is 0 Å². The van der Waals surface area contributed by atoms with Crippen LogP contribution in [-0.4, -0.2) is 11.0 Å². The summed E-state index contributed by atoms with van der Waals surface area (Å²) in [6.45, 7) is 4.32. The lowest BCUT2D eigenvalue weighted by Gasteiger charge is -2.15. The molecule has 0 spiro atoms. The Labute approximate surface area is 137 Å². The van der Waals surface area contributed by atoms with Gasteiger partial charge < -0.3 is 11.1 Å². The summed E-state index contributed by atoms with van der Waals surface area (Å²) >= 11 is 10.4. The minimum absolute atomic E-state index is 0.371. The molecule has 0 fully saturated rings. The monoisotopic (exact) mass is 368 g/mol. The zero-order valence-corrected chi connectivity index (χ0v) is 14.7. The molecule has 1 unspecified atom stereocenters. The van der Waals surface area contributed by atoms with E-state index in [9.17, 15) is 0 Å². The molecule has 20 heavy (non-hydrogen) atoms. The number of thiocarbonyl (C=S) groups is 1. The molecule has 2 nitrogen and oxygen atoms in total. The van der Waals surface area contributed by atoms with Crippen molar-refractivity contribution in [1.29, 1.82) is 0 Å². The lowest BCUT2D eigenvalue weighted by molar-refractivity contribution is 0.800. The number of halogens is 1. The van der Waals surface area contributed by atoms with Crippen molar-refractivity contribution in [3.63, 3.8) is 0 Å². The highest BCUT2D eigenvalue weighted by atomic mass is 79.9. The highest BCUT2D eigenvalue weighted by Crippen LogP contribution is 2.23. The summed E-state index contributed by atoms with van der Waals surface area (Å²) < 4.78 is 0.925.